The minimum absolute atomic E-state index is 0.0672. The second-order valence-electron chi connectivity index (χ2n) is 8.28. The molecule has 0 nitrogen and oxygen atoms in total. The largest absolute Gasteiger partial charge is 0.103 e. The fourth-order valence-corrected chi connectivity index (χ4v) is 5.31. The van der Waals surface area contributed by atoms with E-state index in [-0.39, 0.29) is 5.41 Å². The molecule has 0 radical (unpaired) electrons. The van der Waals surface area contributed by atoms with Gasteiger partial charge in [-0.25, -0.2) is 0 Å². The summed E-state index contributed by atoms with van der Waals surface area (Å²) in [5, 5.41) is 0. The molecule has 0 saturated carbocycles. The Morgan fingerprint density at radius 3 is 2.68 bits per heavy atom. The van der Waals surface area contributed by atoms with Crippen LogP contribution in [-0.4, -0.2) is 0 Å². The van der Waals surface area contributed by atoms with Crippen LogP contribution in [0.2, 0.25) is 0 Å². The van der Waals surface area contributed by atoms with Crippen LogP contribution in [0.1, 0.15) is 51.7 Å². The van der Waals surface area contributed by atoms with Gasteiger partial charge in [0.2, 0.25) is 0 Å². The van der Waals surface area contributed by atoms with E-state index in [2.05, 4.69) is 118 Å². The molecule has 0 aliphatic heterocycles. The molecular formula is C27H31I. The summed E-state index contributed by atoms with van der Waals surface area (Å²) in [6.45, 7) is 13.0. The smallest absolute Gasteiger partial charge is 0.0155 e. The van der Waals surface area contributed by atoms with Crippen molar-refractivity contribution in [3.05, 3.63) is 99.2 Å². The number of allylic oxidation sites excluding steroid dienone is 11. The van der Waals surface area contributed by atoms with Crippen LogP contribution in [0, 0.1) is 11.8 Å². The van der Waals surface area contributed by atoms with E-state index in [1.165, 1.54) is 31.4 Å². The number of hydrogen-bond acceptors (Lipinski definition) is 0. The Balaban J connectivity index is 1.91. The molecule has 0 saturated heterocycles. The van der Waals surface area contributed by atoms with Gasteiger partial charge in [0.25, 0.3) is 0 Å². The summed E-state index contributed by atoms with van der Waals surface area (Å²) >= 11 is 2.46. The summed E-state index contributed by atoms with van der Waals surface area (Å²) in [7, 11) is 0. The van der Waals surface area contributed by atoms with Gasteiger partial charge in [-0.2, -0.15) is 0 Å². The maximum Gasteiger partial charge on any atom is 0.0155 e. The predicted molar refractivity (Wildman–Crippen MR) is 133 cm³/mol. The van der Waals surface area contributed by atoms with Crippen LogP contribution in [0.5, 0.6) is 0 Å². The lowest BCUT2D eigenvalue weighted by atomic mass is 9.79. The lowest BCUT2D eigenvalue weighted by Gasteiger charge is -2.27. The summed E-state index contributed by atoms with van der Waals surface area (Å²) in [5.41, 5.74) is 7.16. The fraction of sp³-hybridized carbons (Fsp3) is 0.333. The topological polar surface area (TPSA) is 0 Å². The number of hydrogen-bond donors (Lipinski definition) is 0. The van der Waals surface area contributed by atoms with Crippen LogP contribution in [0.3, 0.4) is 0 Å². The third kappa shape index (κ3) is 3.91. The first-order chi connectivity index (χ1) is 13.4. The van der Waals surface area contributed by atoms with Crippen molar-refractivity contribution in [3.8, 4) is 0 Å². The minimum Gasteiger partial charge on any atom is -0.103 e. The van der Waals surface area contributed by atoms with E-state index in [4.69, 9.17) is 0 Å². The van der Waals surface area contributed by atoms with Gasteiger partial charge in [0.1, 0.15) is 0 Å². The predicted octanol–water partition coefficient (Wildman–Crippen LogP) is 8.34. The van der Waals surface area contributed by atoms with Crippen molar-refractivity contribution in [2.75, 3.05) is 0 Å². The summed E-state index contributed by atoms with van der Waals surface area (Å²) in [6, 6.07) is 8.83. The highest BCUT2D eigenvalue weighted by atomic mass is 127. The molecule has 1 heteroatoms. The Morgan fingerprint density at radius 2 is 1.96 bits per heavy atom. The molecule has 1 aromatic rings. The molecule has 0 spiro atoms. The molecule has 2 atom stereocenters. The van der Waals surface area contributed by atoms with E-state index in [0.29, 0.717) is 11.8 Å². The third-order valence-corrected chi connectivity index (χ3v) is 7.49. The molecule has 146 valence electrons. The monoisotopic (exact) mass is 482 g/mol. The lowest BCUT2D eigenvalue weighted by molar-refractivity contribution is 0.485. The zero-order chi connectivity index (χ0) is 20.3. The van der Waals surface area contributed by atoms with Crippen LogP contribution in [0.4, 0.5) is 0 Å². The first-order valence-electron chi connectivity index (χ1n) is 10.2. The first-order valence-corrected chi connectivity index (χ1v) is 11.3. The van der Waals surface area contributed by atoms with Gasteiger partial charge in [0.05, 0.1) is 0 Å². The van der Waals surface area contributed by atoms with Gasteiger partial charge in [0, 0.05) is 14.9 Å². The molecule has 0 N–H and O–H groups in total. The van der Waals surface area contributed by atoms with Crippen LogP contribution >= 0.6 is 22.6 Å². The van der Waals surface area contributed by atoms with Crippen molar-refractivity contribution >= 4 is 28.2 Å². The van der Waals surface area contributed by atoms with E-state index in [0.717, 1.165) is 12.8 Å². The molecule has 0 aromatic heterocycles. The van der Waals surface area contributed by atoms with Gasteiger partial charge in [0.15, 0.2) is 0 Å². The molecular weight excluding hydrogens is 451 g/mol. The quantitative estimate of drug-likeness (QED) is 0.292. The average molecular weight is 482 g/mol. The number of halogens is 1. The summed E-state index contributed by atoms with van der Waals surface area (Å²) < 4.78 is 1.39. The lowest BCUT2D eigenvalue weighted by Crippen LogP contribution is -2.15. The average Bonchev–Trinajstić information content (AvgIpc) is 2.90. The van der Waals surface area contributed by atoms with E-state index < -0.39 is 0 Å². The van der Waals surface area contributed by atoms with Gasteiger partial charge in [-0.05, 0) is 77.5 Å². The second kappa shape index (κ2) is 8.82. The van der Waals surface area contributed by atoms with E-state index in [9.17, 15) is 0 Å². The van der Waals surface area contributed by atoms with Gasteiger partial charge in [-0.3, -0.25) is 0 Å². The van der Waals surface area contributed by atoms with Gasteiger partial charge in [-0.1, -0.05) is 86.2 Å². The molecule has 2 aliphatic rings. The van der Waals surface area contributed by atoms with Crippen molar-refractivity contribution in [2.45, 2.75) is 46.0 Å². The highest BCUT2D eigenvalue weighted by Gasteiger charge is 2.36. The molecule has 1 aromatic carbocycles. The number of benzene rings is 1. The maximum absolute atomic E-state index is 3.91. The van der Waals surface area contributed by atoms with Crippen LogP contribution in [0.15, 0.2) is 88.1 Å². The fourth-order valence-electron chi connectivity index (χ4n) is 4.70. The third-order valence-electron chi connectivity index (χ3n) is 6.28. The van der Waals surface area contributed by atoms with Crippen molar-refractivity contribution < 1.29 is 0 Å². The van der Waals surface area contributed by atoms with Gasteiger partial charge >= 0.3 is 0 Å². The molecule has 0 heterocycles. The molecule has 28 heavy (non-hydrogen) atoms. The Morgan fingerprint density at radius 1 is 1.21 bits per heavy atom. The molecule has 3 rings (SSSR count). The highest BCUT2D eigenvalue weighted by Crippen LogP contribution is 2.49. The number of rotatable bonds is 5. The Hall–Kier alpha value is -1.61. The van der Waals surface area contributed by atoms with Gasteiger partial charge < -0.3 is 0 Å². The molecule has 0 fully saturated rings. The second-order valence-corrected chi connectivity index (χ2v) is 9.44. The Labute approximate surface area is 184 Å². The molecule has 1 unspecified atom stereocenters. The van der Waals surface area contributed by atoms with Crippen LogP contribution in [-0.2, 0) is 5.41 Å². The zero-order valence-electron chi connectivity index (χ0n) is 17.5. The maximum atomic E-state index is 3.91. The van der Waals surface area contributed by atoms with E-state index >= 15 is 0 Å². The Kier molecular flexibility index (Phi) is 6.65. The summed E-state index contributed by atoms with van der Waals surface area (Å²) in [5.74, 6) is 1.02. The number of fused-ring (bicyclic) bond motifs is 1. The minimum atomic E-state index is 0.0672. The molecule has 0 bridgehead atoms. The zero-order valence-corrected chi connectivity index (χ0v) is 19.7. The van der Waals surface area contributed by atoms with Gasteiger partial charge in [-0.15, -0.1) is 6.58 Å². The van der Waals surface area contributed by atoms with Crippen molar-refractivity contribution in [1.29, 1.82) is 0 Å². The summed E-state index contributed by atoms with van der Waals surface area (Å²) in [6.07, 6.45) is 18.2. The van der Waals surface area contributed by atoms with Crippen LogP contribution in [0.25, 0.3) is 5.57 Å². The summed E-state index contributed by atoms with van der Waals surface area (Å²) in [4.78, 5) is 0. The van der Waals surface area contributed by atoms with E-state index in [1.807, 2.05) is 6.08 Å². The van der Waals surface area contributed by atoms with Crippen molar-refractivity contribution in [3.63, 3.8) is 0 Å². The van der Waals surface area contributed by atoms with Crippen molar-refractivity contribution in [1.82, 2.24) is 0 Å². The standard InChI is InChI=1S/C27H31I/c1-6-8-13-21-19(3)26(28)18-17-20(21)12-11-15-22-23-14-9-10-16-25(23)27(4,5)24(22)7-2/h6-7,9-12,14-18,20-21H,1,8,13H2,2-5H3/b12-11+,22-15-,24-7+/t20-,21?/m1/s1. The normalized spacial score (nSPS) is 26.5. The highest BCUT2D eigenvalue weighted by molar-refractivity contribution is 14.1. The van der Waals surface area contributed by atoms with Crippen LogP contribution < -0.4 is 0 Å². The molecule has 2 aliphatic carbocycles. The molecule has 0 amide bonds. The first kappa shape index (κ1) is 21.1. The SMILES string of the molecule is C=CCCC1C(C)=C(I)C=C[C@H]1/C=C/C=C1\C(=C/C)C(C)(C)c2ccccc21. The van der Waals surface area contributed by atoms with E-state index in [1.54, 1.807) is 0 Å². The van der Waals surface area contributed by atoms with Crippen molar-refractivity contribution in [2.24, 2.45) is 11.8 Å². The Bertz CT molecular complexity index is 902.